The predicted octanol–water partition coefficient (Wildman–Crippen LogP) is 0.0891. The standard InChI is InChI=1S/C21H25ClN4O2/c1-16(21(28)23-17-7-3-2-4-8-17)26-13-11-25(12-14-26)15-20(27)24-19-10-6-5-9-18(19)22/h2-10,16H,11-15H2,1H3,(H,23,28)(H,24,27)/p+2/t16-/m1/s1. The first kappa shape index (κ1) is 20.3. The summed E-state index contributed by atoms with van der Waals surface area (Å²) in [5, 5.41) is 6.39. The molecule has 4 N–H and O–H groups in total. The van der Waals surface area contributed by atoms with Gasteiger partial charge in [-0.1, -0.05) is 41.9 Å². The monoisotopic (exact) mass is 402 g/mol. The smallest absolute Gasteiger partial charge is 0.282 e. The van der Waals surface area contributed by atoms with Gasteiger partial charge in [0.25, 0.3) is 11.8 Å². The minimum Gasteiger partial charge on any atom is -0.321 e. The van der Waals surface area contributed by atoms with Gasteiger partial charge in [0, 0.05) is 5.69 Å². The summed E-state index contributed by atoms with van der Waals surface area (Å²) in [7, 11) is 0. The number of piperazine rings is 1. The van der Waals surface area contributed by atoms with E-state index in [9.17, 15) is 9.59 Å². The van der Waals surface area contributed by atoms with Gasteiger partial charge in [0.05, 0.1) is 10.7 Å². The number of anilines is 2. The molecule has 6 nitrogen and oxygen atoms in total. The fourth-order valence-corrected chi connectivity index (χ4v) is 3.66. The molecule has 0 spiro atoms. The van der Waals surface area contributed by atoms with Gasteiger partial charge in [-0.15, -0.1) is 0 Å². The molecular weight excluding hydrogens is 376 g/mol. The Labute approximate surface area is 170 Å². The zero-order valence-corrected chi connectivity index (χ0v) is 16.8. The second kappa shape index (κ2) is 9.68. The molecule has 2 amide bonds. The summed E-state index contributed by atoms with van der Waals surface area (Å²) in [4.78, 5) is 27.3. The molecule has 0 saturated carbocycles. The number of amides is 2. The van der Waals surface area contributed by atoms with E-state index in [0.717, 1.165) is 31.9 Å². The van der Waals surface area contributed by atoms with E-state index < -0.39 is 0 Å². The molecule has 1 saturated heterocycles. The van der Waals surface area contributed by atoms with Crippen LogP contribution in [0.5, 0.6) is 0 Å². The van der Waals surface area contributed by atoms with Crippen molar-refractivity contribution in [2.45, 2.75) is 13.0 Å². The van der Waals surface area contributed by atoms with E-state index in [-0.39, 0.29) is 17.9 Å². The zero-order chi connectivity index (χ0) is 19.9. The van der Waals surface area contributed by atoms with Crippen molar-refractivity contribution >= 4 is 34.8 Å². The van der Waals surface area contributed by atoms with Gasteiger partial charge in [0.2, 0.25) is 0 Å². The second-order valence-corrected chi connectivity index (χ2v) is 7.60. The van der Waals surface area contributed by atoms with Crippen LogP contribution in [-0.4, -0.2) is 50.6 Å². The van der Waals surface area contributed by atoms with E-state index >= 15 is 0 Å². The van der Waals surface area contributed by atoms with E-state index in [0.29, 0.717) is 17.3 Å². The van der Waals surface area contributed by atoms with Crippen LogP contribution in [-0.2, 0) is 9.59 Å². The lowest BCUT2D eigenvalue weighted by Crippen LogP contribution is -3.30. The molecule has 2 aromatic carbocycles. The summed E-state index contributed by atoms with van der Waals surface area (Å²) in [5.74, 6) is -0.0115. The molecule has 0 unspecified atom stereocenters. The number of halogens is 1. The maximum Gasteiger partial charge on any atom is 0.282 e. The number of quaternary nitrogens is 2. The number of rotatable bonds is 6. The molecule has 0 aliphatic carbocycles. The van der Waals surface area contributed by atoms with Crippen molar-refractivity contribution in [3.8, 4) is 0 Å². The number of benzene rings is 2. The minimum atomic E-state index is -0.126. The van der Waals surface area contributed by atoms with Crippen molar-refractivity contribution in [1.82, 2.24) is 0 Å². The molecule has 7 heteroatoms. The van der Waals surface area contributed by atoms with E-state index in [1.807, 2.05) is 49.4 Å². The third-order valence-electron chi connectivity index (χ3n) is 5.20. The Morgan fingerprint density at radius 1 is 0.964 bits per heavy atom. The average molecular weight is 403 g/mol. The Morgan fingerprint density at radius 3 is 2.29 bits per heavy atom. The van der Waals surface area contributed by atoms with Crippen LogP contribution in [0.2, 0.25) is 5.02 Å². The number of hydrogen-bond acceptors (Lipinski definition) is 2. The van der Waals surface area contributed by atoms with E-state index in [1.54, 1.807) is 12.1 Å². The van der Waals surface area contributed by atoms with Crippen molar-refractivity contribution in [1.29, 1.82) is 0 Å². The minimum absolute atomic E-state index is 0.0288. The highest BCUT2D eigenvalue weighted by Gasteiger charge is 2.31. The quantitative estimate of drug-likeness (QED) is 0.553. The van der Waals surface area contributed by atoms with Crippen molar-refractivity contribution in [2.24, 2.45) is 0 Å². The van der Waals surface area contributed by atoms with Crippen LogP contribution in [0.3, 0.4) is 0 Å². The number of para-hydroxylation sites is 2. The molecule has 2 aromatic rings. The van der Waals surface area contributed by atoms with E-state index in [1.165, 1.54) is 9.80 Å². The third-order valence-corrected chi connectivity index (χ3v) is 5.53. The molecular formula is C21H27ClN4O2+2. The molecule has 28 heavy (non-hydrogen) atoms. The van der Waals surface area contributed by atoms with E-state index in [4.69, 9.17) is 11.6 Å². The lowest BCUT2D eigenvalue weighted by atomic mass is 10.2. The van der Waals surface area contributed by atoms with Crippen LogP contribution in [0, 0.1) is 0 Å². The summed E-state index contributed by atoms with van der Waals surface area (Å²) >= 11 is 6.09. The Bertz CT molecular complexity index is 807. The first-order chi connectivity index (χ1) is 13.5. The molecule has 3 rings (SSSR count). The highest BCUT2D eigenvalue weighted by atomic mass is 35.5. The van der Waals surface area contributed by atoms with Crippen molar-refractivity contribution in [3.63, 3.8) is 0 Å². The fourth-order valence-electron chi connectivity index (χ4n) is 3.48. The molecule has 148 valence electrons. The Morgan fingerprint density at radius 2 is 1.61 bits per heavy atom. The molecule has 1 atom stereocenters. The van der Waals surface area contributed by atoms with Gasteiger partial charge < -0.3 is 20.4 Å². The van der Waals surface area contributed by atoms with Crippen molar-refractivity contribution in [2.75, 3.05) is 43.4 Å². The van der Waals surface area contributed by atoms with Gasteiger partial charge in [-0.05, 0) is 31.2 Å². The molecule has 1 heterocycles. The molecule has 1 aliphatic heterocycles. The van der Waals surface area contributed by atoms with Crippen LogP contribution in [0.15, 0.2) is 54.6 Å². The SMILES string of the molecule is C[C@H](C(=O)Nc1ccccc1)[NH+]1CC[NH+](CC(=O)Nc2ccccc2Cl)CC1. The van der Waals surface area contributed by atoms with Crippen molar-refractivity contribution < 1.29 is 19.4 Å². The molecule has 0 radical (unpaired) electrons. The topological polar surface area (TPSA) is 67.1 Å². The van der Waals surface area contributed by atoms with Crippen LogP contribution >= 0.6 is 11.6 Å². The molecule has 0 aromatic heterocycles. The first-order valence-electron chi connectivity index (χ1n) is 9.61. The predicted molar refractivity (Wildman–Crippen MR) is 111 cm³/mol. The van der Waals surface area contributed by atoms with Gasteiger partial charge in [-0.3, -0.25) is 9.59 Å². The summed E-state index contributed by atoms with van der Waals surface area (Å²) in [6, 6.07) is 16.6. The number of nitrogens with one attached hydrogen (secondary N) is 4. The summed E-state index contributed by atoms with van der Waals surface area (Å²) in [6.45, 7) is 5.80. The molecule has 0 bridgehead atoms. The van der Waals surface area contributed by atoms with Crippen LogP contribution in [0.25, 0.3) is 0 Å². The Kier molecular flexibility index (Phi) is 7.03. The van der Waals surface area contributed by atoms with E-state index in [2.05, 4.69) is 10.6 Å². The first-order valence-corrected chi connectivity index (χ1v) is 9.99. The maximum absolute atomic E-state index is 12.5. The number of carbonyl (C=O) groups is 2. The molecule has 1 fully saturated rings. The maximum atomic E-state index is 12.5. The highest BCUT2D eigenvalue weighted by molar-refractivity contribution is 6.33. The number of carbonyl (C=O) groups excluding carboxylic acids is 2. The van der Waals surface area contributed by atoms with Crippen molar-refractivity contribution in [3.05, 3.63) is 59.6 Å². The normalized spacial score (nSPS) is 20.2. The number of hydrogen-bond donors (Lipinski definition) is 4. The fraction of sp³-hybridized carbons (Fsp3) is 0.333. The summed E-state index contributed by atoms with van der Waals surface area (Å²) < 4.78 is 0. The van der Waals surface area contributed by atoms with Gasteiger partial charge >= 0.3 is 0 Å². The Balaban J connectivity index is 1.44. The summed E-state index contributed by atoms with van der Waals surface area (Å²) in [5.41, 5.74) is 1.46. The molecule has 1 aliphatic rings. The van der Waals surface area contributed by atoms with Gasteiger partial charge in [-0.25, -0.2) is 0 Å². The van der Waals surface area contributed by atoms with Gasteiger partial charge in [0.1, 0.15) is 26.2 Å². The second-order valence-electron chi connectivity index (χ2n) is 7.19. The Hall–Kier alpha value is -2.41. The lowest BCUT2D eigenvalue weighted by molar-refractivity contribution is -1.01. The largest absolute Gasteiger partial charge is 0.321 e. The van der Waals surface area contributed by atoms with Gasteiger partial charge in [0.15, 0.2) is 12.6 Å². The highest BCUT2D eigenvalue weighted by Crippen LogP contribution is 2.19. The average Bonchev–Trinajstić information content (AvgIpc) is 2.70. The third kappa shape index (κ3) is 5.55. The van der Waals surface area contributed by atoms with Crippen LogP contribution < -0.4 is 20.4 Å². The van der Waals surface area contributed by atoms with Crippen LogP contribution in [0.4, 0.5) is 11.4 Å². The summed E-state index contributed by atoms with van der Waals surface area (Å²) in [6.07, 6.45) is 0. The zero-order valence-electron chi connectivity index (χ0n) is 16.0. The lowest BCUT2D eigenvalue weighted by Gasteiger charge is -2.32. The van der Waals surface area contributed by atoms with Gasteiger partial charge in [-0.2, -0.15) is 0 Å². The van der Waals surface area contributed by atoms with Crippen LogP contribution in [0.1, 0.15) is 6.92 Å².